The van der Waals surface area contributed by atoms with Gasteiger partial charge in [-0.25, -0.2) is 0 Å². The molecule has 13 heavy (non-hydrogen) atoms. The van der Waals surface area contributed by atoms with E-state index in [9.17, 15) is 4.79 Å². The molecule has 0 aliphatic carbocycles. The van der Waals surface area contributed by atoms with Crippen LogP contribution in [-0.2, 0) is 11.8 Å². The first kappa shape index (κ1) is 9.66. The van der Waals surface area contributed by atoms with Crippen LogP contribution >= 0.6 is 0 Å². The largest absolute Gasteiger partial charge is 0.480 e. The van der Waals surface area contributed by atoms with Gasteiger partial charge in [0, 0.05) is 7.05 Å². The first-order chi connectivity index (χ1) is 6.11. The highest BCUT2D eigenvalue weighted by Gasteiger charge is 2.11. The van der Waals surface area contributed by atoms with E-state index in [4.69, 9.17) is 5.11 Å². The number of aliphatic carboxylic acids is 1. The van der Waals surface area contributed by atoms with Crippen molar-refractivity contribution in [2.75, 3.05) is 6.54 Å². The Balaban J connectivity index is 2.53. The second-order valence-corrected chi connectivity index (χ2v) is 2.80. The molecule has 0 fully saturated rings. The fourth-order valence-electron chi connectivity index (χ4n) is 1.02. The molecule has 0 spiro atoms. The van der Waals surface area contributed by atoms with Gasteiger partial charge < -0.3 is 9.67 Å². The van der Waals surface area contributed by atoms with Crippen LogP contribution < -0.4 is 5.32 Å². The molecule has 1 aromatic heterocycles. The molecular formula is C7H12N4O2. The van der Waals surface area contributed by atoms with Crippen LogP contribution in [0.25, 0.3) is 0 Å². The van der Waals surface area contributed by atoms with E-state index in [2.05, 4.69) is 15.5 Å². The number of carbonyl (C=O) groups is 1. The summed E-state index contributed by atoms with van der Waals surface area (Å²) >= 11 is 0. The number of carboxylic acids is 1. The van der Waals surface area contributed by atoms with E-state index < -0.39 is 5.97 Å². The number of aromatic nitrogens is 3. The van der Waals surface area contributed by atoms with Crippen LogP contribution in [0.5, 0.6) is 0 Å². The van der Waals surface area contributed by atoms with Gasteiger partial charge in [-0.3, -0.25) is 10.1 Å². The van der Waals surface area contributed by atoms with Crippen LogP contribution in [-0.4, -0.2) is 32.4 Å². The average Bonchev–Trinajstić information content (AvgIpc) is 2.47. The lowest BCUT2D eigenvalue weighted by Gasteiger charge is -2.10. The zero-order valence-corrected chi connectivity index (χ0v) is 7.56. The van der Waals surface area contributed by atoms with Crippen LogP contribution in [0.15, 0.2) is 6.33 Å². The molecule has 6 heteroatoms. The van der Waals surface area contributed by atoms with Gasteiger partial charge in [0.05, 0.1) is 12.6 Å². The molecule has 0 aromatic carbocycles. The van der Waals surface area contributed by atoms with Crippen LogP contribution in [0.3, 0.4) is 0 Å². The van der Waals surface area contributed by atoms with Gasteiger partial charge in [-0.1, -0.05) is 0 Å². The van der Waals surface area contributed by atoms with E-state index in [1.165, 1.54) is 0 Å². The standard InChI is InChI=1S/C7H12N4O2/c1-5(8-3-6(12)13)7-10-9-4-11(7)2/h4-5,8H,3H2,1-2H3,(H,12,13). The van der Waals surface area contributed by atoms with Crippen LogP contribution in [0.2, 0.25) is 0 Å². The Morgan fingerprint density at radius 2 is 2.54 bits per heavy atom. The van der Waals surface area contributed by atoms with Crippen LogP contribution in [0, 0.1) is 0 Å². The van der Waals surface area contributed by atoms with Crippen LogP contribution in [0.1, 0.15) is 18.8 Å². The first-order valence-corrected chi connectivity index (χ1v) is 3.90. The summed E-state index contributed by atoms with van der Waals surface area (Å²) in [6, 6.07) is -0.108. The minimum absolute atomic E-state index is 0.0754. The predicted molar refractivity (Wildman–Crippen MR) is 45.1 cm³/mol. The average molecular weight is 184 g/mol. The molecule has 1 heterocycles. The van der Waals surface area contributed by atoms with Gasteiger partial charge in [0.25, 0.3) is 0 Å². The fraction of sp³-hybridized carbons (Fsp3) is 0.571. The van der Waals surface area contributed by atoms with Crippen molar-refractivity contribution in [3.8, 4) is 0 Å². The summed E-state index contributed by atoms with van der Waals surface area (Å²) in [5.41, 5.74) is 0. The zero-order valence-electron chi connectivity index (χ0n) is 7.56. The molecule has 0 radical (unpaired) electrons. The van der Waals surface area contributed by atoms with Gasteiger partial charge in [-0.2, -0.15) is 0 Å². The molecule has 0 aliphatic heterocycles. The van der Waals surface area contributed by atoms with Crippen molar-refractivity contribution in [3.63, 3.8) is 0 Å². The maximum Gasteiger partial charge on any atom is 0.317 e. The molecule has 6 nitrogen and oxygen atoms in total. The fourth-order valence-corrected chi connectivity index (χ4v) is 1.02. The lowest BCUT2D eigenvalue weighted by Crippen LogP contribution is -2.27. The summed E-state index contributed by atoms with van der Waals surface area (Å²) < 4.78 is 1.75. The van der Waals surface area contributed by atoms with Crippen molar-refractivity contribution < 1.29 is 9.90 Å². The molecule has 1 aromatic rings. The van der Waals surface area contributed by atoms with Gasteiger partial charge >= 0.3 is 5.97 Å². The highest BCUT2D eigenvalue weighted by molar-refractivity contribution is 5.69. The third-order valence-corrected chi connectivity index (χ3v) is 1.69. The molecule has 0 aliphatic rings. The Morgan fingerprint density at radius 3 is 3.00 bits per heavy atom. The summed E-state index contributed by atoms with van der Waals surface area (Å²) in [4.78, 5) is 10.3. The normalized spacial score (nSPS) is 12.8. The van der Waals surface area contributed by atoms with Crippen molar-refractivity contribution in [2.45, 2.75) is 13.0 Å². The number of hydrogen-bond donors (Lipinski definition) is 2. The summed E-state index contributed by atoms with van der Waals surface area (Å²) in [6.07, 6.45) is 1.58. The van der Waals surface area contributed by atoms with Gasteiger partial charge in [-0.05, 0) is 6.92 Å². The number of rotatable bonds is 4. The number of hydrogen-bond acceptors (Lipinski definition) is 4. The lowest BCUT2D eigenvalue weighted by molar-refractivity contribution is -0.136. The molecule has 0 saturated carbocycles. The minimum Gasteiger partial charge on any atom is -0.480 e. The molecule has 1 rings (SSSR count). The molecule has 0 bridgehead atoms. The third-order valence-electron chi connectivity index (χ3n) is 1.69. The van der Waals surface area contributed by atoms with E-state index in [1.54, 1.807) is 10.9 Å². The number of nitrogens with one attached hydrogen (secondary N) is 1. The maximum absolute atomic E-state index is 10.3. The summed E-state index contributed by atoms with van der Waals surface area (Å²) in [7, 11) is 1.81. The van der Waals surface area contributed by atoms with Crippen LogP contribution in [0.4, 0.5) is 0 Å². The topological polar surface area (TPSA) is 80.0 Å². The van der Waals surface area contributed by atoms with E-state index in [-0.39, 0.29) is 12.6 Å². The van der Waals surface area contributed by atoms with E-state index in [0.29, 0.717) is 0 Å². The predicted octanol–water partition coefficient (Wildman–Crippen LogP) is -0.450. The van der Waals surface area contributed by atoms with E-state index in [1.807, 2.05) is 14.0 Å². The third kappa shape index (κ3) is 2.51. The van der Waals surface area contributed by atoms with Crippen molar-refractivity contribution in [1.82, 2.24) is 20.1 Å². The molecule has 2 N–H and O–H groups in total. The van der Waals surface area contributed by atoms with Crippen molar-refractivity contribution in [2.24, 2.45) is 7.05 Å². The summed E-state index contributed by atoms with van der Waals surface area (Å²) in [5.74, 6) is -0.157. The first-order valence-electron chi connectivity index (χ1n) is 3.90. The molecule has 72 valence electrons. The van der Waals surface area contributed by atoms with Crippen molar-refractivity contribution in [1.29, 1.82) is 0 Å². The number of aryl methyl sites for hydroxylation is 1. The van der Waals surface area contributed by atoms with E-state index >= 15 is 0 Å². The second-order valence-electron chi connectivity index (χ2n) is 2.80. The Morgan fingerprint density at radius 1 is 1.85 bits per heavy atom. The molecule has 0 amide bonds. The summed E-state index contributed by atoms with van der Waals surface area (Å²) in [5, 5.41) is 18.8. The van der Waals surface area contributed by atoms with Gasteiger partial charge in [-0.15, -0.1) is 10.2 Å². The lowest BCUT2D eigenvalue weighted by atomic mass is 10.3. The minimum atomic E-state index is -0.881. The number of nitrogens with zero attached hydrogens (tertiary/aromatic N) is 3. The Kier molecular flexibility index (Phi) is 2.97. The van der Waals surface area contributed by atoms with Gasteiger partial charge in [0.1, 0.15) is 12.2 Å². The van der Waals surface area contributed by atoms with Gasteiger partial charge in [0.15, 0.2) is 0 Å². The molecular weight excluding hydrogens is 172 g/mol. The highest BCUT2D eigenvalue weighted by Crippen LogP contribution is 2.05. The second kappa shape index (κ2) is 3.99. The van der Waals surface area contributed by atoms with Crippen molar-refractivity contribution >= 4 is 5.97 Å². The Bertz CT molecular complexity index is 296. The Labute approximate surface area is 75.6 Å². The quantitative estimate of drug-likeness (QED) is 0.662. The monoisotopic (exact) mass is 184 g/mol. The van der Waals surface area contributed by atoms with Gasteiger partial charge in [0.2, 0.25) is 0 Å². The van der Waals surface area contributed by atoms with E-state index in [0.717, 1.165) is 5.82 Å². The zero-order chi connectivity index (χ0) is 9.84. The molecule has 1 unspecified atom stereocenters. The molecule has 1 atom stereocenters. The molecule has 0 saturated heterocycles. The summed E-state index contributed by atoms with van der Waals surface area (Å²) in [6.45, 7) is 1.76. The SMILES string of the molecule is CC(NCC(=O)O)c1nncn1C. The smallest absolute Gasteiger partial charge is 0.317 e. The number of carboxylic acid groups (broad SMARTS) is 1. The highest BCUT2D eigenvalue weighted by atomic mass is 16.4. The Hall–Kier alpha value is -1.43. The van der Waals surface area contributed by atoms with Crippen molar-refractivity contribution in [3.05, 3.63) is 12.2 Å². The maximum atomic E-state index is 10.3.